The van der Waals surface area contributed by atoms with E-state index in [1.807, 2.05) is 18.5 Å². The zero-order valence-corrected chi connectivity index (χ0v) is 15.2. The Hall–Kier alpha value is -1.78. The molecule has 132 valence electrons. The highest BCUT2D eigenvalue weighted by molar-refractivity contribution is 5.13. The zero-order chi connectivity index (χ0) is 17.1. The summed E-state index contributed by atoms with van der Waals surface area (Å²) in [5.74, 6) is 0. The lowest BCUT2D eigenvalue weighted by Gasteiger charge is -2.45. The quantitative estimate of drug-likeness (QED) is 0.856. The van der Waals surface area contributed by atoms with E-state index in [9.17, 15) is 0 Å². The molecular weight excluding hydrogens is 308 g/mol. The maximum Gasteiger partial charge on any atom is 0.0547 e. The molecule has 0 bridgehead atoms. The number of nitrogens with zero attached hydrogens (tertiary/aromatic N) is 4. The monoisotopic (exact) mass is 336 g/mol. The van der Waals surface area contributed by atoms with Crippen molar-refractivity contribution in [3.63, 3.8) is 0 Å². The van der Waals surface area contributed by atoms with Crippen molar-refractivity contribution in [1.29, 1.82) is 0 Å². The summed E-state index contributed by atoms with van der Waals surface area (Å²) in [4.78, 5) is 14.3. The summed E-state index contributed by atoms with van der Waals surface area (Å²) in [6, 6.07) is 10.6. The fourth-order valence-electron chi connectivity index (χ4n) is 4.57. The van der Waals surface area contributed by atoms with Crippen molar-refractivity contribution in [1.82, 2.24) is 19.8 Å². The molecule has 4 heterocycles. The Kier molecular flexibility index (Phi) is 4.82. The molecular formula is C21H28N4. The summed E-state index contributed by atoms with van der Waals surface area (Å²) < 4.78 is 0. The largest absolute Gasteiger partial charge is 0.297 e. The van der Waals surface area contributed by atoms with Crippen LogP contribution in [0.3, 0.4) is 0 Å². The Balaban J connectivity index is 1.47. The first-order valence-corrected chi connectivity index (χ1v) is 9.52. The third-order valence-corrected chi connectivity index (χ3v) is 5.83. The fraction of sp³-hybridized carbons (Fsp3) is 0.524. The molecule has 4 nitrogen and oxygen atoms in total. The Morgan fingerprint density at radius 1 is 1.04 bits per heavy atom. The Morgan fingerprint density at radius 3 is 2.84 bits per heavy atom. The average molecular weight is 336 g/mol. The SMILES string of the molecule is Cc1cccc(CN2CCCCC23CCN(Cc2cccnc2)C3)n1. The van der Waals surface area contributed by atoms with Crippen LogP contribution in [-0.2, 0) is 13.1 Å². The van der Waals surface area contributed by atoms with Crippen LogP contribution < -0.4 is 0 Å². The summed E-state index contributed by atoms with van der Waals surface area (Å²) in [6.45, 7) is 7.66. The van der Waals surface area contributed by atoms with Crippen molar-refractivity contribution in [2.75, 3.05) is 19.6 Å². The van der Waals surface area contributed by atoms with Crippen LogP contribution in [-0.4, -0.2) is 44.9 Å². The number of hydrogen-bond acceptors (Lipinski definition) is 4. The number of pyridine rings is 2. The van der Waals surface area contributed by atoms with Crippen molar-refractivity contribution in [3.8, 4) is 0 Å². The minimum absolute atomic E-state index is 0.339. The van der Waals surface area contributed by atoms with Crippen molar-refractivity contribution in [2.24, 2.45) is 0 Å². The molecule has 4 heteroatoms. The summed E-state index contributed by atoms with van der Waals surface area (Å²) in [6.07, 6.45) is 9.13. The predicted molar refractivity (Wildman–Crippen MR) is 100 cm³/mol. The number of aryl methyl sites for hydroxylation is 1. The second-order valence-corrected chi connectivity index (χ2v) is 7.70. The van der Waals surface area contributed by atoms with E-state index in [4.69, 9.17) is 4.98 Å². The van der Waals surface area contributed by atoms with Gasteiger partial charge in [0.05, 0.1) is 5.69 Å². The normalized spacial score (nSPS) is 24.8. The molecule has 1 atom stereocenters. The van der Waals surface area contributed by atoms with Crippen LogP contribution in [0.1, 0.15) is 42.6 Å². The van der Waals surface area contributed by atoms with E-state index in [-0.39, 0.29) is 0 Å². The highest BCUT2D eigenvalue weighted by Crippen LogP contribution is 2.37. The van der Waals surface area contributed by atoms with Gasteiger partial charge >= 0.3 is 0 Å². The fourth-order valence-corrected chi connectivity index (χ4v) is 4.57. The van der Waals surface area contributed by atoms with Gasteiger partial charge in [0.2, 0.25) is 0 Å². The number of likely N-dealkylation sites (tertiary alicyclic amines) is 2. The maximum absolute atomic E-state index is 4.75. The molecule has 25 heavy (non-hydrogen) atoms. The summed E-state index contributed by atoms with van der Waals surface area (Å²) in [7, 11) is 0. The first-order valence-electron chi connectivity index (χ1n) is 9.52. The molecule has 0 aromatic carbocycles. The molecule has 1 spiro atoms. The average Bonchev–Trinajstić information content (AvgIpc) is 3.01. The van der Waals surface area contributed by atoms with Gasteiger partial charge in [0, 0.05) is 49.8 Å². The lowest BCUT2D eigenvalue weighted by atomic mass is 9.85. The van der Waals surface area contributed by atoms with Crippen LogP contribution in [0.15, 0.2) is 42.7 Å². The van der Waals surface area contributed by atoms with Gasteiger partial charge in [-0.15, -0.1) is 0 Å². The highest BCUT2D eigenvalue weighted by atomic mass is 15.3. The van der Waals surface area contributed by atoms with E-state index in [0.717, 1.165) is 18.8 Å². The topological polar surface area (TPSA) is 32.3 Å². The standard InChI is InChI=1S/C21H28N4/c1-18-6-4-8-20(23-18)16-25-12-3-2-9-21(25)10-13-24(17-21)15-19-7-5-11-22-14-19/h4-8,11,14H,2-3,9-10,12-13,15-17H2,1H3. The van der Waals surface area contributed by atoms with Crippen LogP contribution in [0.4, 0.5) is 0 Å². The lowest BCUT2D eigenvalue weighted by Crippen LogP contribution is -2.53. The Morgan fingerprint density at radius 2 is 2.00 bits per heavy atom. The number of rotatable bonds is 4. The second kappa shape index (κ2) is 7.22. The molecule has 2 aromatic rings. The summed E-state index contributed by atoms with van der Waals surface area (Å²) >= 11 is 0. The molecule has 2 saturated heterocycles. The van der Waals surface area contributed by atoms with Gasteiger partial charge in [-0.1, -0.05) is 18.6 Å². The molecule has 0 aliphatic carbocycles. The summed E-state index contributed by atoms with van der Waals surface area (Å²) in [5, 5.41) is 0. The van der Waals surface area contributed by atoms with E-state index in [1.54, 1.807) is 0 Å². The third-order valence-electron chi connectivity index (χ3n) is 5.83. The molecule has 1 unspecified atom stereocenters. The van der Waals surface area contributed by atoms with Gasteiger partial charge in [-0.2, -0.15) is 0 Å². The minimum Gasteiger partial charge on any atom is -0.297 e. The lowest BCUT2D eigenvalue weighted by molar-refractivity contribution is 0.0434. The molecule has 0 N–H and O–H groups in total. The van der Waals surface area contributed by atoms with E-state index >= 15 is 0 Å². The molecule has 2 aromatic heterocycles. The number of hydrogen-bond donors (Lipinski definition) is 0. The van der Waals surface area contributed by atoms with Crippen LogP contribution in [0.2, 0.25) is 0 Å². The zero-order valence-electron chi connectivity index (χ0n) is 15.2. The van der Waals surface area contributed by atoms with Gasteiger partial charge in [0.25, 0.3) is 0 Å². The molecule has 4 rings (SSSR count). The first kappa shape index (κ1) is 16.7. The van der Waals surface area contributed by atoms with Gasteiger partial charge in [0.15, 0.2) is 0 Å². The van der Waals surface area contributed by atoms with Crippen LogP contribution in [0.25, 0.3) is 0 Å². The molecule has 0 amide bonds. The number of aromatic nitrogens is 2. The van der Waals surface area contributed by atoms with Crippen molar-refractivity contribution >= 4 is 0 Å². The van der Waals surface area contributed by atoms with Crippen LogP contribution in [0.5, 0.6) is 0 Å². The van der Waals surface area contributed by atoms with Gasteiger partial charge in [-0.25, -0.2) is 0 Å². The molecule has 2 aliphatic heterocycles. The molecule has 0 radical (unpaired) electrons. The number of piperidine rings is 1. The van der Waals surface area contributed by atoms with Crippen LogP contribution >= 0.6 is 0 Å². The second-order valence-electron chi connectivity index (χ2n) is 7.70. The van der Waals surface area contributed by atoms with Crippen LogP contribution in [0, 0.1) is 6.92 Å². The highest BCUT2D eigenvalue weighted by Gasteiger charge is 2.44. The molecule has 2 aliphatic rings. The van der Waals surface area contributed by atoms with Gasteiger partial charge < -0.3 is 0 Å². The maximum atomic E-state index is 4.75. The summed E-state index contributed by atoms with van der Waals surface area (Å²) in [5.41, 5.74) is 3.99. The Bertz CT molecular complexity index is 702. The van der Waals surface area contributed by atoms with Gasteiger partial charge in [-0.05, 0) is 56.5 Å². The van der Waals surface area contributed by atoms with Gasteiger partial charge in [0.1, 0.15) is 0 Å². The van der Waals surface area contributed by atoms with Crippen molar-refractivity contribution in [2.45, 2.75) is 51.2 Å². The Labute approximate surface area is 150 Å². The third kappa shape index (κ3) is 3.75. The molecule has 2 fully saturated rings. The van der Waals surface area contributed by atoms with Crippen molar-refractivity contribution < 1.29 is 0 Å². The first-order chi connectivity index (χ1) is 12.2. The molecule has 0 saturated carbocycles. The van der Waals surface area contributed by atoms with E-state index < -0.39 is 0 Å². The van der Waals surface area contributed by atoms with E-state index in [2.05, 4.69) is 46.0 Å². The van der Waals surface area contributed by atoms with Crippen molar-refractivity contribution in [3.05, 3.63) is 59.7 Å². The van der Waals surface area contributed by atoms with E-state index in [0.29, 0.717) is 5.54 Å². The predicted octanol–water partition coefficient (Wildman–Crippen LogP) is 3.42. The van der Waals surface area contributed by atoms with Gasteiger partial charge in [-0.3, -0.25) is 19.8 Å². The minimum atomic E-state index is 0.339. The smallest absolute Gasteiger partial charge is 0.0547 e. The van der Waals surface area contributed by atoms with E-state index in [1.165, 1.54) is 56.6 Å².